The molecule has 2 aromatic carbocycles. The van der Waals surface area contributed by atoms with E-state index in [9.17, 15) is 9.59 Å². The van der Waals surface area contributed by atoms with Gasteiger partial charge in [-0.05, 0) is 114 Å². The summed E-state index contributed by atoms with van der Waals surface area (Å²) in [6, 6.07) is 14.4. The van der Waals surface area contributed by atoms with Crippen LogP contribution in [0.25, 0.3) is 16.6 Å². The fraction of sp³-hybridized carbons (Fsp3) is 0.474. The average Bonchev–Trinajstić information content (AvgIpc) is 3.65. The molecule has 1 aliphatic heterocycles. The molecule has 0 radical (unpaired) electrons. The smallest absolute Gasteiger partial charge is 0.408 e. The largest absolute Gasteiger partial charge is 0.444 e. The molecule has 2 aliphatic carbocycles. The minimum absolute atomic E-state index is 0.164. The highest BCUT2D eigenvalue weighted by molar-refractivity contribution is 6.10. The summed E-state index contributed by atoms with van der Waals surface area (Å²) >= 11 is 0. The molecule has 45 heavy (non-hydrogen) atoms. The summed E-state index contributed by atoms with van der Waals surface area (Å²) in [5, 5.41) is 3.01. The predicted octanol–water partition coefficient (Wildman–Crippen LogP) is 9.21. The van der Waals surface area contributed by atoms with Gasteiger partial charge in [0.2, 0.25) is 0 Å². The van der Waals surface area contributed by atoms with Gasteiger partial charge >= 0.3 is 6.09 Å². The number of nitrogens with one attached hydrogen (secondary N) is 1. The number of allylic oxidation sites excluding steroid dienone is 2. The van der Waals surface area contributed by atoms with E-state index in [1.807, 2.05) is 72.0 Å². The van der Waals surface area contributed by atoms with E-state index in [1.54, 1.807) is 6.92 Å². The summed E-state index contributed by atoms with van der Waals surface area (Å²) in [6.45, 7) is 18.4. The van der Waals surface area contributed by atoms with Crippen molar-refractivity contribution in [3.63, 3.8) is 0 Å². The third-order valence-corrected chi connectivity index (χ3v) is 8.45. The van der Waals surface area contributed by atoms with E-state index in [0.717, 1.165) is 66.8 Å². The van der Waals surface area contributed by atoms with Crippen LogP contribution in [0.3, 0.4) is 0 Å². The zero-order valence-corrected chi connectivity index (χ0v) is 28.2. The van der Waals surface area contributed by atoms with Crippen LogP contribution in [0.5, 0.6) is 0 Å². The van der Waals surface area contributed by atoms with Gasteiger partial charge in [-0.25, -0.2) is 9.78 Å². The van der Waals surface area contributed by atoms with Crippen LogP contribution in [0, 0.1) is 0 Å². The summed E-state index contributed by atoms with van der Waals surface area (Å²) in [7, 11) is 0. The van der Waals surface area contributed by atoms with Crippen molar-refractivity contribution < 1.29 is 14.3 Å². The van der Waals surface area contributed by atoms with Crippen LogP contribution in [0.2, 0.25) is 0 Å². The van der Waals surface area contributed by atoms with E-state index in [0.29, 0.717) is 5.70 Å². The summed E-state index contributed by atoms with van der Waals surface area (Å²) in [5.41, 5.74) is 6.13. The Morgan fingerprint density at radius 1 is 1.09 bits per heavy atom. The van der Waals surface area contributed by atoms with Crippen LogP contribution >= 0.6 is 0 Å². The molecule has 240 valence electrons. The van der Waals surface area contributed by atoms with Gasteiger partial charge in [0.15, 0.2) is 5.78 Å². The second kappa shape index (κ2) is 14.4. The maximum absolute atomic E-state index is 12.3. The topological polar surface area (TPSA) is 85.6 Å². The van der Waals surface area contributed by atoms with Crippen molar-refractivity contribution in [2.45, 2.75) is 117 Å². The lowest BCUT2D eigenvalue weighted by molar-refractivity contribution is 0.0421. The van der Waals surface area contributed by atoms with Gasteiger partial charge in [-0.2, -0.15) is 0 Å². The predicted molar refractivity (Wildman–Crippen MR) is 185 cm³/mol. The number of aryl methyl sites for hydroxylation is 2. The highest BCUT2D eigenvalue weighted by Gasteiger charge is 2.42. The Morgan fingerprint density at radius 3 is 2.42 bits per heavy atom. The highest BCUT2D eigenvalue weighted by Crippen LogP contribution is 2.40. The summed E-state index contributed by atoms with van der Waals surface area (Å²) < 4.78 is 7.76. The van der Waals surface area contributed by atoms with Crippen LogP contribution in [-0.2, 0) is 17.7 Å². The number of aromatic nitrogens is 2. The quantitative estimate of drug-likeness (QED) is 0.213. The molecule has 0 saturated heterocycles. The number of hydrogen-bond donors (Lipinski definition) is 1. The monoisotopic (exact) mass is 610 g/mol. The normalized spacial score (nSPS) is 16.9. The van der Waals surface area contributed by atoms with Crippen molar-refractivity contribution in [1.29, 1.82) is 0 Å². The second-order valence-electron chi connectivity index (χ2n) is 13.0. The Labute approximate surface area is 268 Å². The molecule has 2 heterocycles. The molecule has 7 heteroatoms. The van der Waals surface area contributed by atoms with Gasteiger partial charge in [0.05, 0.1) is 22.3 Å². The van der Waals surface area contributed by atoms with Crippen molar-refractivity contribution >= 4 is 34.7 Å². The van der Waals surface area contributed by atoms with E-state index in [1.165, 1.54) is 29.7 Å². The molecule has 0 spiro atoms. The minimum Gasteiger partial charge on any atom is -0.444 e. The Bertz CT molecular complexity index is 1600. The van der Waals surface area contributed by atoms with Crippen molar-refractivity contribution in [2.75, 3.05) is 0 Å². The van der Waals surface area contributed by atoms with Crippen LogP contribution in [0.15, 0.2) is 65.8 Å². The van der Waals surface area contributed by atoms with Crippen molar-refractivity contribution in [1.82, 2.24) is 14.9 Å². The van der Waals surface area contributed by atoms with E-state index >= 15 is 0 Å². The van der Waals surface area contributed by atoms with E-state index in [2.05, 4.69) is 45.7 Å². The Morgan fingerprint density at radius 2 is 1.82 bits per heavy atom. The maximum Gasteiger partial charge on any atom is 0.408 e. The van der Waals surface area contributed by atoms with Crippen molar-refractivity contribution in [3.8, 4) is 0 Å². The highest BCUT2D eigenvalue weighted by atomic mass is 16.6. The first kappa shape index (κ1) is 33.9. The summed E-state index contributed by atoms with van der Waals surface area (Å²) in [4.78, 5) is 32.8. The van der Waals surface area contributed by atoms with Crippen molar-refractivity contribution in [3.05, 3.63) is 83.3 Å². The number of aliphatic imine (C=N–C) groups is 1. The zero-order chi connectivity index (χ0) is 32.8. The first-order chi connectivity index (χ1) is 21.5. The lowest BCUT2D eigenvalue weighted by Crippen LogP contribution is -2.55. The Balaban J connectivity index is 0.000000273. The number of ether oxygens (including phenoxy) is 1. The van der Waals surface area contributed by atoms with Crippen LogP contribution in [-0.4, -0.2) is 38.8 Å². The number of imidazole rings is 1. The van der Waals surface area contributed by atoms with Crippen molar-refractivity contribution in [2.24, 2.45) is 4.99 Å². The summed E-state index contributed by atoms with van der Waals surface area (Å²) in [5.74, 6) is 2.08. The molecule has 0 atom stereocenters. The van der Waals surface area contributed by atoms with Gasteiger partial charge in [-0.1, -0.05) is 50.8 Å². The molecule has 7 nitrogen and oxygen atoms in total. The van der Waals surface area contributed by atoms with E-state index < -0.39 is 17.2 Å². The lowest BCUT2D eigenvalue weighted by Gasteiger charge is -2.42. The molecule has 0 bridgehead atoms. The number of benzene rings is 2. The average molecular weight is 611 g/mol. The van der Waals surface area contributed by atoms with Gasteiger partial charge in [0.1, 0.15) is 11.4 Å². The fourth-order valence-electron chi connectivity index (χ4n) is 5.72. The molecule has 3 aliphatic rings. The van der Waals surface area contributed by atoms with Gasteiger partial charge in [0, 0.05) is 24.7 Å². The molecule has 2 fully saturated rings. The third-order valence-electron chi connectivity index (χ3n) is 8.45. The number of amides is 1. The number of fused-ring (bicyclic) bond motifs is 3. The molecule has 2 saturated carbocycles. The number of alkyl carbamates (subject to hydrolysis) is 1. The Hall–Kier alpha value is -4.00. The molecule has 1 N–H and O–H groups in total. The Kier molecular flexibility index (Phi) is 10.8. The molecular formula is C38H50N4O3. The SMILES string of the molecule is C=C(N=C/C(=C\C)c1ccc2nc3n(c2c1)CCC3)C1(NC(=O)OC(C)(C)C)CCC1.CC.CC(=O)c1cccc(C2CC2)c1. The number of hydrogen-bond acceptors (Lipinski definition) is 5. The van der Waals surface area contributed by atoms with Gasteiger partial charge in [0.25, 0.3) is 0 Å². The van der Waals surface area contributed by atoms with Gasteiger partial charge < -0.3 is 14.6 Å². The minimum atomic E-state index is -0.537. The van der Waals surface area contributed by atoms with Crippen LogP contribution in [0.1, 0.15) is 120 Å². The zero-order valence-electron chi connectivity index (χ0n) is 28.2. The summed E-state index contributed by atoms with van der Waals surface area (Å²) in [6.07, 6.45) is 10.9. The maximum atomic E-state index is 12.3. The first-order valence-corrected chi connectivity index (χ1v) is 16.5. The lowest BCUT2D eigenvalue weighted by atomic mass is 9.75. The number of carbonyl (C=O) groups excluding carboxylic acids is 2. The van der Waals surface area contributed by atoms with Gasteiger partial charge in [-0.15, -0.1) is 0 Å². The van der Waals surface area contributed by atoms with Gasteiger partial charge in [-0.3, -0.25) is 9.79 Å². The van der Waals surface area contributed by atoms with Crippen LogP contribution < -0.4 is 5.32 Å². The van der Waals surface area contributed by atoms with E-state index in [4.69, 9.17) is 9.72 Å². The number of Topliss-reactive ketones (excluding diaryl/α,β-unsaturated/α-hetero) is 1. The molecule has 1 aromatic heterocycles. The van der Waals surface area contributed by atoms with E-state index in [-0.39, 0.29) is 5.78 Å². The molecular weight excluding hydrogens is 560 g/mol. The molecule has 3 aromatic rings. The number of ketones is 1. The second-order valence-corrected chi connectivity index (χ2v) is 13.0. The first-order valence-electron chi connectivity index (χ1n) is 16.5. The number of carbonyl (C=O) groups is 2. The van der Waals surface area contributed by atoms with Crippen LogP contribution in [0.4, 0.5) is 4.79 Å². The molecule has 0 unspecified atom stereocenters. The molecule has 6 rings (SSSR count). The molecule has 1 amide bonds. The standard InChI is InChI=1S/C25H32N4O2.C11H12O.C2H6/c1-6-18(19-10-11-20-21(15-19)29-14-7-9-22(29)27-20)16-26-17(2)25(12-8-13-25)28-23(30)31-24(3,4)5;1-8(12)10-3-2-4-11(7-10)9-5-6-9;1-2/h6,10-11,15-16H,2,7-9,12-14H2,1,3-5H3,(H,28,30);2-4,7,9H,5-6H2,1H3;1-2H3/b18-6+,26-16?;;. The number of nitrogens with zero attached hydrogens (tertiary/aromatic N) is 3. The third kappa shape index (κ3) is 8.38. The fourth-order valence-corrected chi connectivity index (χ4v) is 5.72. The number of rotatable bonds is 7.